The minimum absolute atomic E-state index is 0.261. The summed E-state index contributed by atoms with van der Waals surface area (Å²) < 4.78 is 29.8. The largest absolute Gasteiger partial charge is 0.268 e. The predicted octanol–water partition coefficient (Wildman–Crippen LogP) is 7.60. The Hall–Kier alpha value is -4.15. The molecule has 0 atom stereocenters. The topological polar surface area (TPSA) is 39.1 Å². The maximum Gasteiger partial charge on any atom is 0.268 e. The number of hydrogen-bond acceptors (Lipinski definition) is 2. The Kier molecular flexibility index (Phi) is 6.45. The summed E-state index contributed by atoms with van der Waals surface area (Å²) in [6.07, 6.45) is 2.00. The van der Waals surface area contributed by atoms with Gasteiger partial charge in [0.1, 0.15) is 0 Å². The highest BCUT2D eigenvalue weighted by Gasteiger charge is 2.25. The molecular formula is C32H27NO2S. The lowest BCUT2D eigenvalue weighted by atomic mass is 9.96. The lowest BCUT2D eigenvalue weighted by molar-refractivity contribution is 0.587. The molecule has 0 saturated heterocycles. The summed E-state index contributed by atoms with van der Waals surface area (Å²) in [4.78, 5) is 0.261. The lowest BCUT2D eigenvalue weighted by Gasteiger charge is -2.15. The second-order valence-electron chi connectivity index (χ2n) is 8.84. The molecule has 0 N–H and O–H groups in total. The molecule has 0 bridgehead atoms. The summed E-state index contributed by atoms with van der Waals surface area (Å²) in [6.45, 7) is 3.92. The Morgan fingerprint density at radius 1 is 0.667 bits per heavy atom. The highest BCUT2D eigenvalue weighted by Crippen LogP contribution is 2.34. The Labute approximate surface area is 213 Å². The van der Waals surface area contributed by atoms with Gasteiger partial charge >= 0.3 is 0 Å². The zero-order valence-electron chi connectivity index (χ0n) is 20.3. The molecule has 178 valence electrons. The van der Waals surface area contributed by atoms with Crippen molar-refractivity contribution in [3.63, 3.8) is 0 Å². The van der Waals surface area contributed by atoms with Crippen LogP contribution in [0.4, 0.5) is 0 Å². The Morgan fingerprint density at radius 2 is 1.17 bits per heavy atom. The van der Waals surface area contributed by atoms with Crippen LogP contribution in [0.3, 0.4) is 0 Å². The van der Waals surface area contributed by atoms with Gasteiger partial charge in [0.25, 0.3) is 10.0 Å². The molecule has 4 aromatic carbocycles. The third-order valence-electron chi connectivity index (χ3n) is 6.27. The predicted molar refractivity (Wildman–Crippen MR) is 148 cm³/mol. The van der Waals surface area contributed by atoms with E-state index in [0.717, 1.165) is 33.4 Å². The third kappa shape index (κ3) is 4.56. The number of aromatic nitrogens is 1. The summed E-state index contributed by atoms with van der Waals surface area (Å²) in [5.74, 6) is 0. The summed E-state index contributed by atoms with van der Waals surface area (Å²) in [5.41, 5.74) is 7.01. The first-order valence-corrected chi connectivity index (χ1v) is 13.3. The highest BCUT2D eigenvalue weighted by atomic mass is 32.2. The molecule has 1 aromatic heterocycles. The monoisotopic (exact) mass is 489 g/mol. The average molecular weight is 490 g/mol. The molecule has 0 unspecified atom stereocenters. The van der Waals surface area contributed by atoms with Crippen molar-refractivity contribution in [3.05, 3.63) is 149 Å². The van der Waals surface area contributed by atoms with Crippen LogP contribution in [0.15, 0.2) is 126 Å². The molecule has 36 heavy (non-hydrogen) atoms. The van der Waals surface area contributed by atoms with Gasteiger partial charge < -0.3 is 0 Å². The summed E-state index contributed by atoms with van der Waals surface area (Å²) in [7, 11) is -3.88. The van der Waals surface area contributed by atoms with Crippen molar-refractivity contribution in [3.8, 4) is 11.3 Å². The van der Waals surface area contributed by atoms with Crippen LogP contribution in [0.1, 0.15) is 27.9 Å². The summed E-state index contributed by atoms with van der Waals surface area (Å²) in [5, 5.41) is 0. The number of hydrogen-bond donors (Lipinski definition) is 0. The van der Waals surface area contributed by atoms with Crippen LogP contribution in [-0.4, -0.2) is 12.4 Å². The molecule has 0 amide bonds. The van der Waals surface area contributed by atoms with Crippen LogP contribution in [0.5, 0.6) is 0 Å². The highest BCUT2D eigenvalue weighted by molar-refractivity contribution is 7.90. The number of rotatable bonds is 6. The van der Waals surface area contributed by atoms with Gasteiger partial charge in [-0.05, 0) is 65.9 Å². The second-order valence-corrected chi connectivity index (χ2v) is 10.6. The molecule has 0 aliphatic rings. The van der Waals surface area contributed by atoms with Gasteiger partial charge in [0.15, 0.2) is 0 Å². The van der Waals surface area contributed by atoms with Crippen molar-refractivity contribution in [2.75, 3.05) is 0 Å². The van der Waals surface area contributed by atoms with Crippen molar-refractivity contribution in [1.82, 2.24) is 3.97 Å². The Morgan fingerprint density at radius 3 is 1.69 bits per heavy atom. The first kappa shape index (κ1) is 23.6. The van der Waals surface area contributed by atoms with E-state index < -0.39 is 10.0 Å². The zero-order chi connectivity index (χ0) is 25.1. The van der Waals surface area contributed by atoms with Gasteiger partial charge in [-0.3, -0.25) is 0 Å². The Balaban J connectivity index is 1.82. The van der Waals surface area contributed by atoms with E-state index in [1.165, 1.54) is 3.97 Å². The van der Waals surface area contributed by atoms with Crippen molar-refractivity contribution >= 4 is 21.7 Å². The van der Waals surface area contributed by atoms with E-state index in [4.69, 9.17) is 0 Å². The smallest absolute Gasteiger partial charge is 0.234 e. The number of benzene rings is 4. The molecular weight excluding hydrogens is 462 g/mol. The zero-order valence-corrected chi connectivity index (χ0v) is 21.1. The molecule has 3 nitrogen and oxygen atoms in total. The number of aryl methyl sites for hydroxylation is 2. The van der Waals surface area contributed by atoms with E-state index in [2.05, 4.69) is 0 Å². The average Bonchev–Trinajstić information content (AvgIpc) is 3.25. The van der Waals surface area contributed by atoms with Gasteiger partial charge in [-0.25, -0.2) is 12.4 Å². The lowest BCUT2D eigenvalue weighted by Crippen LogP contribution is -2.16. The van der Waals surface area contributed by atoms with Crippen molar-refractivity contribution in [2.45, 2.75) is 18.7 Å². The van der Waals surface area contributed by atoms with Gasteiger partial charge in [0.05, 0.1) is 16.3 Å². The van der Waals surface area contributed by atoms with Gasteiger partial charge in [-0.15, -0.1) is 0 Å². The minimum Gasteiger partial charge on any atom is -0.234 e. The van der Waals surface area contributed by atoms with Crippen molar-refractivity contribution in [1.29, 1.82) is 0 Å². The van der Waals surface area contributed by atoms with Crippen LogP contribution in [-0.2, 0) is 10.0 Å². The van der Waals surface area contributed by atoms with E-state index >= 15 is 0 Å². The van der Waals surface area contributed by atoms with Crippen molar-refractivity contribution in [2.24, 2.45) is 0 Å². The molecule has 4 heteroatoms. The third-order valence-corrected chi connectivity index (χ3v) is 8.02. The maximum absolute atomic E-state index is 14.2. The summed E-state index contributed by atoms with van der Waals surface area (Å²) in [6, 6.07) is 38.8. The molecule has 0 spiro atoms. The quantitative estimate of drug-likeness (QED) is 0.246. The summed E-state index contributed by atoms with van der Waals surface area (Å²) >= 11 is 0. The van der Waals surface area contributed by atoms with Gasteiger partial charge in [-0.2, -0.15) is 0 Å². The number of nitrogens with zero attached hydrogens (tertiary/aromatic N) is 1. The van der Waals surface area contributed by atoms with E-state index in [9.17, 15) is 8.42 Å². The van der Waals surface area contributed by atoms with E-state index in [0.29, 0.717) is 11.4 Å². The molecule has 0 saturated carbocycles. The van der Waals surface area contributed by atoms with E-state index in [-0.39, 0.29) is 4.90 Å². The molecule has 0 aliphatic heterocycles. The van der Waals surface area contributed by atoms with Crippen LogP contribution >= 0.6 is 0 Å². The molecule has 1 heterocycles. The van der Waals surface area contributed by atoms with Crippen LogP contribution < -0.4 is 0 Å². The van der Waals surface area contributed by atoms with Crippen LogP contribution in [0.2, 0.25) is 0 Å². The minimum atomic E-state index is -3.88. The first-order chi connectivity index (χ1) is 17.4. The van der Waals surface area contributed by atoms with Gasteiger partial charge in [0.2, 0.25) is 0 Å². The standard InChI is InChI=1S/C32H27NO2S/c1-24-18-20-29(21-19-24)36(34,35)33-31(25(2)22-32(33)28-16-10-5-11-17-28)23-30(26-12-6-3-7-13-26)27-14-8-4-9-15-27/h3-23H,1-2H3. The van der Waals surface area contributed by atoms with Crippen LogP contribution in [0, 0.1) is 13.8 Å². The molecule has 0 fully saturated rings. The van der Waals surface area contributed by atoms with Gasteiger partial charge in [-0.1, -0.05) is 109 Å². The maximum atomic E-state index is 14.2. The van der Waals surface area contributed by atoms with E-state index in [1.807, 2.05) is 129 Å². The fourth-order valence-electron chi connectivity index (χ4n) is 4.39. The Bertz CT molecular complexity index is 1570. The molecule has 5 aromatic rings. The molecule has 0 aliphatic carbocycles. The first-order valence-electron chi connectivity index (χ1n) is 11.9. The molecule has 0 radical (unpaired) electrons. The normalized spacial score (nSPS) is 11.3. The second kappa shape index (κ2) is 9.84. The molecule has 5 rings (SSSR count). The fraction of sp³-hybridized carbons (Fsp3) is 0.0625. The fourth-order valence-corrected chi connectivity index (χ4v) is 5.95. The van der Waals surface area contributed by atoms with E-state index in [1.54, 1.807) is 12.1 Å². The van der Waals surface area contributed by atoms with Gasteiger partial charge in [0, 0.05) is 0 Å². The SMILES string of the molecule is Cc1ccc(S(=O)(=O)n2c(-c3ccccc3)cc(C)c2C=C(c2ccccc2)c2ccccc2)cc1. The van der Waals surface area contributed by atoms with Crippen molar-refractivity contribution < 1.29 is 8.42 Å². The van der Waals surface area contributed by atoms with Crippen LogP contribution in [0.25, 0.3) is 22.9 Å².